The number of amides is 3. The number of methoxy groups -OCH3 is 1. The third kappa shape index (κ3) is 8.07. The van der Waals surface area contributed by atoms with Crippen molar-refractivity contribution in [3.63, 3.8) is 0 Å². The number of rotatable bonds is 7. The first-order valence-electron chi connectivity index (χ1n) is 12.2. The van der Waals surface area contributed by atoms with E-state index in [2.05, 4.69) is 9.97 Å². The van der Waals surface area contributed by atoms with Gasteiger partial charge in [0.25, 0.3) is 0 Å². The first-order chi connectivity index (χ1) is 18.2. The van der Waals surface area contributed by atoms with E-state index in [9.17, 15) is 27.6 Å². The lowest BCUT2D eigenvalue weighted by Gasteiger charge is -2.32. The second-order valence-electron chi connectivity index (χ2n) is 10.0. The van der Waals surface area contributed by atoms with E-state index in [4.69, 9.17) is 25.8 Å². The van der Waals surface area contributed by atoms with Gasteiger partial charge in [0.2, 0.25) is 5.91 Å². The Balaban J connectivity index is 1.66. The number of alkyl halides is 3. The summed E-state index contributed by atoms with van der Waals surface area (Å²) >= 11 is 6.19. The Morgan fingerprint density at radius 1 is 1.08 bits per heavy atom. The van der Waals surface area contributed by atoms with Gasteiger partial charge in [-0.2, -0.15) is 13.2 Å². The molecule has 1 fully saturated rings. The van der Waals surface area contributed by atoms with Crippen molar-refractivity contribution >= 4 is 40.4 Å². The molecule has 10 nitrogen and oxygen atoms in total. The highest BCUT2D eigenvalue weighted by Crippen LogP contribution is 2.37. The number of carbonyl (C=O) groups excluding carboxylic acids is 3. The Morgan fingerprint density at radius 3 is 2.33 bits per heavy atom. The Bertz CT molecular complexity index is 1210. The molecule has 0 spiro atoms. The van der Waals surface area contributed by atoms with Crippen LogP contribution in [-0.4, -0.2) is 70.9 Å². The molecule has 39 heavy (non-hydrogen) atoms. The van der Waals surface area contributed by atoms with Crippen LogP contribution in [-0.2, 0) is 14.3 Å². The van der Waals surface area contributed by atoms with Crippen LogP contribution in [0.2, 0.25) is 5.15 Å². The highest BCUT2D eigenvalue weighted by molar-refractivity contribution is 6.34. The van der Waals surface area contributed by atoms with Gasteiger partial charge in [-0.15, -0.1) is 0 Å². The number of nitrogens with zero attached hydrogens (tertiary/aromatic N) is 3. The summed E-state index contributed by atoms with van der Waals surface area (Å²) in [5, 5.41) is 2.52. The van der Waals surface area contributed by atoms with Crippen molar-refractivity contribution in [3.05, 3.63) is 23.6 Å². The molecular weight excluding hydrogens is 545 g/mol. The molecule has 214 valence electrons. The molecule has 0 radical (unpaired) electrons. The Labute approximate surface area is 228 Å². The number of hydrogen-bond donors (Lipinski definition) is 1. The normalized spacial score (nSPS) is 17.8. The number of ether oxygens (including phenoxy) is 3. The van der Waals surface area contributed by atoms with Crippen LogP contribution in [0.1, 0.15) is 46.5 Å². The molecule has 3 rings (SSSR count). The predicted octanol–water partition coefficient (Wildman–Crippen LogP) is 4.67. The molecule has 0 aliphatic heterocycles. The SMILES string of the molecule is COc1cc2ncnc(Cl)c2cc1O[C@H]1CC[C@@H](C(=O)N(CCNC(=O)C(F)(F)F)C(=O)OC(C)(C)C)CC1. The summed E-state index contributed by atoms with van der Waals surface area (Å²) in [7, 11) is 1.49. The standard InChI is InChI=1S/C25H30ClF3N4O6/c1-24(2,3)39-23(36)33(10-9-30-22(35)25(27,28)29)21(34)14-5-7-15(8-6-14)38-19-11-16-17(12-18(19)37-4)31-13-32-20(16)26/h11-15H,5-10H2,1-4H3,(H,30,35)/t14-,15+. The van der Waals surface area contributed by atoms with Crippen LogP contribution < -0.4 is 14.8 Å². The molecule has 1 aromatic heterocycles. The largest absolute Gasteiger partial charge is 0.493 e. The van der Waals surface area contributed by atoms with Crippen molar-refractivity contribution in [2.45, 2.75) is 64.3 Å². The van der Waals surface area contributed by atoms with Crippen LogP contribution in [0.25, 0.3) is 10.9 Å². The summed E-state index contributed by atoms with van der Waals surface area (Å²) < 4.78 is 54.4. The van der Waals surface area contributed by atoms with Gasteiger partial charge in [0.05, 0.1) is 18.7 Å². The Kier molecular flexibility index (Phi) is 9.47. The molecule has 2 aromatic rings. The number of nitrogens with one attached hydrogen (secondary N) is 1. The Morgan fingerprint density at radius 2 is 1.74 bits per heavy atom. The van der Waals surface area contributed by atoms with Gasteiger partial charge in [0.15, 0.2) is 11.5 Å². The number of carbonyl (C=O) groups is 3. The lowest BCUT2D eigenvalue weighted by atomic mass is 9.86. The maximum atomic E-state index is 13.2. The van der Waals surface area contributed by atoms with E-state index in [1.54, 1.807) is 38.2 Å². The molecular formula is C25H30ClF3N4O6. The molecule has 14 heteroatoms. The second-order valence-corrected chi connectivity index (χ2v) is 10.4. The van der Waals surface area contributed by atoms with Crippen LogP contribution in [0.5, 0.6) is 11.5 Å². The number of benzene rings is 1. The van der Waals surface area contributed by atoms with Gasteiger partial charge in [-0.3, -0.25) is 9.59 Å². The first kappa shape index (κ1) is 30.2. The van der Waals surface area contributed by atoms with E-state index in [0.717, 1.165) is 4.90 Å². The zero-order chi connectivity index (χ0) is 29.0. The summed E-state index contributed by atoms with van der Waals surface area (Å²) in [6.07, 6.45) is -3.36. The minimum absolute atomic E-state index is 0.260. The van der Waals surface area contributed by atoms with Crippen LogP contribution >= 0.6 is 11.6 Å². The minimum Gasteiger partial charge on any atom is -0.493 e. The van der Waals surface area contributed by atoms with E-state index >= 15 is 0 Å². The Hall–Kier alpha value is -3.35. The molecule has 1 aliphatic carbocycles. The molecule has 0 atom stereocenters. The van der Waals surface area contributed by atoms with E-state index in [1.807, 2.05) is 0 Å². The smallest absolute Gasteiger partial charge is 0.471 e. The van der Waals surface area contributed by atoms with Gasteiger partial charge in [0.1, 0.15) is 17.1 Å². The van der Waals surface area contributed by atoms with Gasteiger partial charge >= 0.3 is 18.2 Å². The molecule has 1 aromatic carbocycles. The van der Waals surface area contributed by atoms with Crippen molar-refractivity contribution in [1.29, 1.82) is 0 Å². The molecule has 3 amide bonds. The van der Waals surface area contributed by atoms with E-state index in [1.165, 1.54) is 13.4 Å². The molecule has 0 bridgehead atoms. The summed E-state index contributed by atoms with van der Waals surface area (Å²) in [6, 6.07) is 3.37. The van der Waals surface area contributed by atoms with Gasteiger partial charge in [0, 0.05) is 30.5 Å². The number of fused-ring (bicyclic) bond motifs is 1. The topological polar surface area (TPSA) is 120 Å². The maximum Gasteiger partial charge on any atom is 0.471 e. The zero-order valence-electron chi connectivity index (χ0n) is 21.9. The van der Waals surface area contributed by atoms with Crippen molar-refractivity contribution < 1.29 is 41.8 Å². The molecule has 1 saturated carbocycles. The molecule has 1 N–H and O–H groups in total. The van der Waals surface area contributed by atoms with Crippen LogP contribution in [0.3, 0.4) is 0 Å². The third-order valence-electron chi connectivity index (χ3n) is 5.95. The highest BCUT2D eigenvalue weighted by atomic mass is 35.5. The number of halogens is 4. The van der Waals surface area contributed by atoms with Crippen molar-refractivity contribution in [2.24, 2.45) is 5.92 Å². The molecule has 0 saturated heterocycles. The lowest BCUT2D eigenvalue weighted by Crippen LogP contribution is -2.49. The lowest BCUT2D eigenvalue weighted by molar-refractivity contribution is -0.173. The monoisotopic (exact) mass is 574 g/mol. The number of imide groups is 1. The fourth-order valence-corrected chi connectivity index (χ4v) is 4.30. The predicted molar refractivity (Wildman–Crippen MR) is 134 cm³/mol. The van der Waals surface area contributed by atoms with Crippen LogP contribution in [0.15, 0.2) is 18.5 Å². The van der Waals surface area contributed by atoms with E-state index < -0.39 is 48.7 Å². The van der Waals surface area contributed by atoms with E-state index in [-0.39, 0.29) is 11.3 Å². The van der Waals surface area contributed by atoms with Gasteiger partial charge in [-0.1, -0.05) is 11.6 Å². The fraction of sp³-hybridized carbons (Fsp3) is 0.560. The molecule has 1 heterocycles. The zero-order valence-corrected chi connectivity index (χ0v) is 22.7. The third-order valence-corrected chi connectivity index (χ3v) is 6.25. The fourth-order valence-electron chi connectivity index (χ4n) is 4.10. The van der Waals surface area contributed by atoms with Crippen LogP contribution in [0.4, 0.5) is 18.0 Å². The number of hydrogen-bond acceptors (Lipinski definition) is 8. The summed E-state index contributed by atoms with van der Waals surface area (Å²) in [5.41, 5.74) is -0.356. The van der Waals surface area contributed by atoms with Gasteiger partial charge < -0.3 is 19.5 Å². The van der Waals surface area contributed by atoms with Crippen molar-refractivity contribution in [1.82, 2.24) is 20.2 Å². The minimum atomic E-state index is -5.08. The van der Waals surface area contributed by atoms with Crippen molar-refractivity contribution in [3.8, 4) is 11.5 Å². The number of aromatic nitrogens is 2. The molecule has 0 unspecified atom stereocenters. The maximum absolute atomic E-state index is 13.2. The summed E-state index contributed by atoms with van der Waals surface area (Å²) in [5.74, 6) is -2.44. The highest BCUT2D eigenvalue weighted by Gasteiger charge is 2.39. The van der Waals surface area contributed by atoms with E-state index in [0.29, 0.717) is 48.1 Å². The first-order valence-corrected chi connectivity index (χ1v) is 12.6. The summed E-state index contributed by atoms with van der Waals surface area (Å²) in [6.45, 7) is 3.75. The van der Waals surface area contributed by atoms with Gasteiger partial charge in [-0.25, -0.2) is 19.7 Å². The second kappa shape index (κ2) is 12.2. The van der Waals surface area contributed by atoms with Crippen molar-refractivity contribution in [2.75, 3.05) is 20.2 Å². The summed E-state index contributed by atoms with van der Waals surface area (Å²) in [4.78, 5) is 46.0. The average Bonchev–Trinajstić information content (AvgIpc) is 2.85. The quantitative estimate of drug-likeness (QED) is 0.474. The van der Waals surface area contributed by atoms with Gasteiger partial charge in [-0.05, 0) is 52.5 Å². The van der Waals surface area contributed by atoms with Crippen LogP contribution in [0, 0.1) is 5.92 Å². The molecule has 1 aliphatic rings. The average molecular weight is 575 g/mol.